The number of aliphatic hydroxyl groups excluding tert-OH is 1. The van der Waals surface area contributed by atoms with Crippen molar-refractivity contribution in [3.05, 3.63) is 12.2 Å². The highest BCUT2D eigenvalue weighted by Gasteiger charge is 2.51. The Kier molecular flexibility index (Phi) is 30.0. The van der Waals surface area contributed by atoms with Gasteiger partial charge >= 0.3 is 5.97 Å². The molecule has 2 saturated heterocycles. The first-order valence-electron chi connectivity index (χ1n) is 30.7. The van der Waals surface area contributed by atoms with Gasteiger partial charge in [0.25, 0.3) is 5.91 Å². The van der Waals surface area contributed by atoms with Crippen LogP contribution in [0.15, 0.2) is 12.2 Å². The van der Waals surface area contributed by atoms with Crippen LogP contribution in [0, 0.1) is 35.5 Å². The molecule has 2 heterocycles. The molecule has 2 fully saturated rings. The normalized spacial score (nSPS) is 29.7. The first kappa shape index (κ1) is 76.1. The van der Waals surface area contributed by atoms with Gasteiger partial charge in [-0.2, -0.15) is 0 Å². The summed E-state index contributed by atoms with van der Waals surface area (Å²) in [4.78, 5) is 167. The van der Waals surface area contributed by atoms with E-state index < -0.39 is 156 Å². The van der Waals surface area contributed by atoms with E-state index in [9.17, 15) is 53.1 Å². The smallest absolute Gasteiger partial charge is 0.329 e. The van der Waals surface area contributed by atoms with E-state index in [1.807, 2.05) is 88.3 Å². The summed E-state index contributed by atoms with van der Waals surface area (Å²) < 4.78 is 12.6. The Morgan fingerprint density at radius 1 is 0.628 bits per heavy atom. The van der Waals surface area contributed by atoms with Gasteiger partial charge in [0.1, 0.15) is 42.3 Å². The summed E-state index contributed by atoms with van der Waals surface area (Å²) in [5.41, 5.74) is -1.88. The highest BCUT2D eigenvalue weighted by molar-refractivity contribution is 5.98. The van der Waals surface area contributed by atoms with Crippen LogP contribution in [0.3, 0.4) is 0 Å². The molecule has 24 heteroatoms. The Bertz CT molecular complexity index is 2380. The van der Waals surface area contributed by atoms with Crippen molar-refractivity contribution in [2.24, 2.45) is 35.5 Å². The van der Waals surface area contributed by atoms with Gasteiger partial charge < -0.3 is 59.9 Å². The average molecular weight is 1220 g/mol. The molecule has 0 radical (unpaired) electrons. The van der Waals surface area contributed by atoms with Gasteiger partial charge in [0.15, 0.2) is 18.1 Å². The number of carbonyl (C=O) groups is 11. The number of likely N-dealkylation sites (N-methyl/N-ethyl adjacent to an activating group) is 6. The number of carbonyl (C=O) groups excluding carboxylic acids is 11. The molecule has 2 rings (SSSR count). The third-order valence-corrected chi connectivity index (χ3v) is 16.2. The van der Waals surface area contributed by atoms with Crippen LogP contribution < -0.4 is 21.3 Å². The molecule has 0 spiro atoms. The zero-order valence-corrected chi connectivity index (χ0v) is 55.7. The number of aldehydes is 1. The van der Waals surface area contributed by atoms with Crippen LogP contribution >= 0.6 is 0 Å². The molecular weight excluding hydrogens is 1110 g/mol. The lowest BCUT2D eigenvalue weighted by Crippen LogP contribution is -2.68. The number of hydrogen-bond acceptors (Lipinski definition) is 15. The van der Waals surface area contributed by atoms with Crippen molar-refractivity contribution in [2.45, 2.75) is 234 Å². The summed E-state index contributed by atoms with van der Waals surface area (Å²) in [6.45, 7) is 27.1. The van der Waals surface area contributed by atoms with Crippen LogP contribution in [0.4, 0.5) is 0 Å². The van der Waals surface area contributed by atoms with Gasteiger partial charge in [0.05, 0.1) is 30.9 Å². The third-order valence-electron chi connectivity index (χ3n) is 16.2. The highest BCUT2D eigenvalue weighted by atomic mass is 16.6. The van der Waals surface area contributed by atoms with Crippen molar-refractivity contribution in [3.63, 3.8) is 0 Å². The molecule has 0 aromatic rings. The minimum atomic E-state index is -1.88. The Morgan fingerprint density at radius 2 is 1.15 bits per heavy atom. The molecule has 14 unspecified atom stereocenters. The van der Waals surface area contributed by atoms with E-state index in [0.717, 1.165) is 14.7 Å². The van der Waals surface area contributed by atoms with E-state index in [2.05, 4.69) is 21.3 Å². The summed E-state index contributed by atoms with van der Waals surface area (Å²) in [6.07, 6.45) is 0.290. The quantitative estimate of drug-likeness (QED) is 0.0844. The van der Waals surface area contributed by atoms with Crippen LogP contribution in [0.5, 0.6) is 0 Å². The maximum absolute atomic E-state index is 15.0. The van der Waals surface area contributed by atoms with Crippen LogP contribution in [0.25, 0.3) is 0 Å². The van der Waals surface area contributed by atoms with E-state index in [1.54, 1.807) is 20.8 Å². The van der Waals surface area contributed by atoms with E-state index in [1.165, 1.54) is 70.8 Å². The van der Waals surface area contributed by atoms with Gasteiger partial charge in [0, 0.05) is 42.3 Å². The Balaban J connectivity index is 3.05. The molecule has 0 saturated carbocycles. The van der Waals surface area contributed by atoms with Crippen molar-refractivity contribution in [1.29, 1.82) is 0 Å². The molecule has 0 aromatic carbocycles. The Hall–Kier alpha value is -6.01. The predicted molar refractivity (Wildman–Crippen MR) is 326 cm³/mol. The number of esters is 1. The van der Waals surface area contributed by atoms with Gasteiger partial charge in [-0.05, 0) is 102 Å². The predicted octanol–water partition coefficient (Wildman–Crippen LogP) is 2.88. The summed E-state index contributed by atoms with van der Waals surface area (Å²) in [6, 6.07) is -10.7. The average Bonchev–Trinajstić information content (AvgIpc) is 1.78. The lowest BCUT2D eigenvalue weighted by atomic mass is 9.92. The van der Waals surface area contributed by atoms with Crippen LogP contribution in [-0.2, 0) is 62.2 Å². The van der Waals surface area contributed by atoms with Crippen LogP contribution in [-0.4, -0.2) is 227 Å². The molecule has 0 aromatic heterocycles. The minimum absolute atomic E-state index is 0.0145. The second-order valence-electron chi connectivity index (χ2n) is 26.1. The van der Waals surface area contributed by atoms with E-state index >= 15 is 4.79 Å². The second kappa shape index (κ2) is 33.9. The van der Waals surface area contributed by atoms with Crippen LogP contribution in [0.2, 0.25) is 0 Å². The Labute approximate surface area is 512 Å². The molecule has 5 N–H and O–H groups in total. The van der Waals surface area contributed by atoms with Gasteiger partial charge in [-0.3, -0.25) is 53.3 Å². The molecule has 86 heavy (non-hydrogen) atoms. The largest absolute Gasteiger partial charge is 0.450 e. The lowest BCUT2D eigenvalue weighted by molar-refractivity contribution is -0.166. The second-order valence-corrected chi connectivity index (χ2v) is 26.1. The number of rotatable bonds is 16. The zero-order valence-electron chi connectivity index (χ0n) is 55.7. The van der Waals surface area contributed by atoms with Crippen molar-refractivity contribution < 1.29 is 67.3 Å². The SMILES string of the molecule is CC=CCC(C)C1OC(C)C2C(=O)N(C)C1C(=O)NC(C(C)O)C(=O)N(C)CC(=O)N(C)C(C=O)(CC(C)C)NC(CC(C)C)C(=O)N(C)C(CCC)C(=O)NC(C)C(=O)OC(C(C)C)C(=O)N(C)C(CC(C)C)C(=O)NC(CC(C)C)C(=O)N2C. The minimum Gasteiger partial charge on any atom is -0.450 e. The molecule has 2 bridgehead atoms. The molecule has 2 aliphatic heterocycles. The number of nitrogens with zero attached hydrogens (tertiary/aromatic N) is 6. The molecule has 2 aliphatic rings. The monoisotopic (exact) mass is 1220 g/mol. The standard InChI is InChI=1S/C62H108N10O14/c1-23-25-27-39(13)52-50-55(78)65-48(41(15)74)58(81)67(17)32-47(75)72(22)62(33-73,31-37(9)10)66-44(29-35(5)6)57(80)68(18)45(26-24-2)53(76)63-40(14)61(84)86-51(38(11)12)60(83)69(19)46(30-36(7)8)54(77)64-43(28-34(3)4)56(79)70(20)49(42(16)85-52)59(82)71(50)21/h23,25,33-46,48-52,66,74H,24,26-32H2,1-22H3,(H,63,76)(H,64,77)(H,65,78). The number of nitrogens with one attached hydrogen (secondary N) is 4. The molecule has 9 amide bonds. The van der Waals surface area contributed by atoms with Crippen LogP contribution in [0.1, 0.15) is 156 Å². The van der Waals surface area contributed by atoms with E-state index in [4.69, 9.17) is 9.47 Å². The fraction of sp³-hybridized carbons (Fsp3) is 0.790. The highest BCUT2D eigenvalue weighted by Crippen LogP contribution is 2.30. The maximum Gasteiger partial charge on any atom is 0.329 e. The fourth-order valence-electron chi connectivity index (χ4n) is 11.3. The molecule has 490 valence electrons. The number of allylic oxidation sites excluding steroid dienone is 2. The van der Waals surface area contributed by atoms with Gasteiger partial charge in [0.2, 0.25) is 47.3 Å². The number of hydrogen-bond donors (Lipinski definition) is 5. The summed E-state index contributed by atoms with van der Waals surface area (Å²) in [7, 11) is 8.24. The fourth-order valence-corrected chi connectivity index (χ4v) is 11.3. The van der Waals surface area contributed by atoms with Crippen molar-refractivity contribution >= 4 is 65.4 Å². The number of aliphatic hydroxyl groups is 1. The van der Waals surface area contributed by atoms with E-state index in [-0.39, 0.29) is 55.8 Å². The Morgan fingerprint density at radius 3 is 1.65 bits per heavy atom. The summed E-state index contributed by atoms with van der Waals surface area (Å²) in [5, 5.41) is 22.6. The number of ether oxygens (including phenoxy) is 2. The first-order chi connectivity index (χ1) is 39.8. The van der Waals surface area contributed by atoms with Gasteiger partial charge in [-0.25, -0.2) is 4.79 Å². The first-order valence-corrected chi connectivity index (χ1v) is 30.7. The molecule has 0 aliphatic carbocycles. The van der Waals surface area contributed by atoms with E-state index in [0.29, 0.717) is 19.1 Å². The summed E-state index contributed by atoms with van der Waals surface area (Å²) >= 11 is 0. The maximum atomic E-state index is 15.0. The van der Waals surface area contributed by atoms with Gasteiger partial charge in [-0.1, -0.05) is 102 Å². The van der Waals surface area contributed by atoms with Crippen molar-refractivity contribution in [3.8, 4) is 0 Å². The molecule has 24 nitrogen and oxygen atoms in total. The van der Waals surface area contributed by atoms with Crippen molar-refractivity contribution in [2.75, 3.05) is 48.8 Å². The zero-order chi connectivity index (χ0) is 66.2. The lowest BCUT2D eigenvalue weighted by Gasteiger charge is -2.43. The van der Waals surface area contributed by atoms with Gasteiger partial charge in [-0.15, -0.1) is 0 Å². The number of cyclic esters (lactones) is 1. The third kappa shape index (κ3) is 20.0. The molecule has 14 atom stereocenters. The summed E-state index contributed by atoms with van der Waals surface area (Å²) in [5.74, 6) is -9.61. The topological polar surface area (TPSA) is 294 Å². The molecular formula is C62H108N10O14. The number of fused-ring (bicyclic) bond motifs is 3. The van der Waals surface area contributed by atoms with Crippen molar-refractivity contribution in [1.82, 2.24) is 50.7 Å². The number of amides is 9.